The van der Waals surface area contributed by atoms with Crippen LogP contribution in [-0.2, 0) is 24.8 Å². The van der Waals surface area contributed by atoms with Gasteiger partial charge in [0.1, 0.15) is 9.79 Å². The Morgan fingerprint density at radius 1 is 1.14 bits per heavy atom. The molecule has 0 aliphatic heterocycles. The minimum Gasteiger partial charge on any atom is -0.381 e. The van der Waals surface area contributed by atoms with Crippen molar-refractivity contribution in [3.05, 3.63) is 24.3 Å². The fourth-order valence-corrected chi connectivity index (χ4v) is 5.12. The summed E-state index contributed by atoms with van der Waals surface area (Å²) in [5.41, 5.74) is 0. The van der Waals surface area contributed by atoms with Crippen LogP contribution in [0.25, 0.3) is 0 Å². The first-order valence-electron chi connectivity index (χ1n) is 6.41. The first-order chi connectivity index (χ1) is 9.74. The topological polar surface area (TPSA) is 116 Å². The van der Waals surface area contributed by atoms with Crippen molar-refractivity contribution in [3.8, 4) is 0 Å². The lowest BCUT2D eigenvalue weighted by Gasteiger charge is -2.15. The van der Waals surface area contributed by atoms with Gasteiger partial charge >= 0.3 is 0 Å². The molecule has 0 radical (unpaired) electrons. The first kappa shape index (κ1) is 16.4. The number of ether oxygens (including phenoxy) is 1. The van der Waals surface area contributed by atoms with E-state index in [4.69, 9.17) is 9.88 Å². The largest absolute Gasteiger partial charge is 0.381 e. The Kier molecular flexibility index (Phi) is 4.69. The molecule has 0 bridgehead atoms. The van der Waals surface area contributed by atoms with Crippen molar-refractivity contribution >= 4 is 20.0 Å². The van der Waals surface area contributed by atoms with Gasteiger partial charge in [-0.05, 0) is 31.4 Å². The van der Waals surface area contributed by atoms with E-state index in [2.05, 4.69) is 4.72 Å². The van der Waals surface area contributed by atoms with E-state index in [0.29, 0.717) is 12.8 Å². The zero-order chi connectivity index (χ0) is 15.7. The lowest BCUT2D eigenvalue weighted by atomic mass is 10.3. The maximum absolute atomic E-state index is 12.4. The van der Waals surface area contributed by atoms with Crippen LogP contribution in [-0.4, -0.2) is 36.1 Å². The van der Waals surface area contributed by atoms with Crippen molar-refractivity contribution in [2.75, 3.05) is 7.11 Å². The maximum Gasteiger partial charge on any atom is 0.242 e. The van der Waals surface area contributed by atoms with Crippen LogP contribution in [0.3, 0.4) is 0 Å². The minimum absolute atomic E-state index is 0.0196. The Labute approximate surface area is 124 Å². The van der Waals surface area contributed by atoms with Crippen LogP contribution >= 0.6 is 0 Å². The van der Waals surface area contributed by atoms with E-state index in [9.17, 15) is 16.8 Å². The van der Waals surface area contributed by atoms with Crippen molar-refractivity contribution in [3.63, 3.8) is 0 Å². The molecule has 21 heavy (non-hydrogen) atoms. The van der Waals surface area contributed by atoms with Crippen LogP contribution < -0.4 is 9.86 Å². The van der Waals surface area contributed by atoms with E-state index in [0.717, 1.165) is 6.42 Å². The predicted octanol–water partition coefficient (Wildman–Crippen LogP) is 0.180. The summed E-state index contributed by atoms with van der Waals surface area (Å²) in [5.74, 6) is 0. The molecule has 7 nitrogen and oxygen atoms in total. The summed E-state index contributed by atoms with van der Waals surface area (Å²) >= 11 is 0. The molecule has 2 unspecified atom stereocenters. The molecule has 118 valence electrons. The van der Waals surface area contributed by atoms with Crippen molar-refractivity contribution in [1.82, 2.24) is 4.72 Å². The number of hydrogen-bond donors (Lipinski definition) is 2. The van der Waals surface area contributed by atoms with Crippen molar-refractivity contribution in [2.24, 2.45) is 5.14 Å². The van der Waals surface area contributed by atoms with Crippen LogP contribution in [0.5, 0.6) is 0 Å². The molecular formula is C12H18N2O5S2. The second-order valence-corrected chi connectivity index (χ2v) is 8.19. The summed E-state index contributed by atoms with van der Waals surface area (Å²) in [6.07, 6.45) is 1.99. The normalized spacial score (nSPS) is 23.3. The number of hydrogen-bond acceptors (Lipinski definition) is 5. The van der Waals surface area contributed by atoms with Crippen molar-refractivity contribution in [1.29, 1.82) is 0 Å². The van der Waals surface area contributed by atoms with E-state index in [1.54, 1.807) is 7.11 Å². The van der Waals surface area contributed by atoms with Crippen LogP contribution in [0.2, 0.25) is 0 Å². The average Bonchev–Trinajstić information content (AvgIpc) is 2.85. The minimum atomic E-state index is -4.11. The van der Waals surface area contributed by atoms with Crippen LogP contribution in [0.1, 0.15) is 19.3 Å². The molecule has 0 heterocycles. The van der Waals surface area contributed by atoms with E-state index in [1.807, 2.05) is 0 Å². The highest BCUT2D eigenvalue weighted by Gasteiger charge is 2.31. The van der Waals surface area contributed by atoms with Gasteiger partial charge in [0.2, 0.25) is 20.0 Å². The van der Waals surface area contributed by atoms with Gasteiger partial charge in [0.15, 0.2) is 0 Å². The second kappa shape index (κ2) is 6.01. The maximum atomic E-state index is 12.4. The van der Waals surface area contributed by atoms with Gasteiger partial charge in [-0.1, -0.05) is 12.1 Å². The molecule has 0 spiro atoms. The standard InChI is InChI=1S/C12H18N2O5S2/c1-19-10-7-6-9(8-10)14-21(17,18)12-5-3-2-4-11(12)20(13,15)16/h2-5,9-10,14H,6-8H2,1H3,(H2,13,15,16). The van der Waals surface area contributed by atoms with Gasteiger partial charge in [0.25, 0.3) is 0 Å². The SMILES string of the molecule is COC1CCC(NS(=O)(=O)c2ccccc2S(N)(=O)=O)C1. The molecule has 0 aromatic heterocycles. The van der Waals surface area contributed by atoms with E-state index in [-0.39, 0.29) is 17.0 Å². The molecule has 1 aliphatic rings. The van der Waals surface area contributed by atoms with E-state index < -0.39 is 24.9 Å². The molecule has 1 aliphatic carbocycles. The Hall–Kier alpha value is -1.00. The average molecular weight is 334 g/mol. The fraction of sp³-hybridized carbons (Fsp3) is 0.500. The summed E-state index contributed by atoms with van der Waals surface area (Å²) in [6, 6.07) is 5.01. The molecule has 1 fully saturated rings. The molecule has 2 rings (SSSR count). The Balaban J connectivity index is 2.29. The molecule has 9 heteroatoms. The summed E-state index contributed by atoms with van der Waals surface area (Å²) in [7, 11) is -6.48. The number of rotatable bonds is 5. The van der Waals surface area contributed by atoms with Crippen LogP contribution in [0.15, 0.2) is 34.1 Å². The predicted molar refractivity (Wildman–Crippen MR) is 76.6 cm³/mol. The van der Waals surface area contributed by atoms with Crippen molar-refractivity contribution in [2.45, 2.75) is 41.2 Å². The fourth-order valence-electron chi connectivity index (χ4n) is 2.45. The smallest absolute Gasteiger partial charge is 0.242 e. The molecule has 1 aromatic rings. The molecular weight excluding hydrogens is 316 g/mol. The van der Waals surface area contributed by atoms with Gasteiger partial charge in [0, 0.05) is 13.2 Å². The van der Waals surface area contributed by atoms with E-state index >= 15 is 0 Å². The van der Waals surface area contributed by atoms with Gasteiger partial charge in [-0.25, -0.2) is 26.7 Å². The van der Waals surface area contributed by atoms with Gasteiger partial charge in [-0.15, -0.1) is 0 Å². The van der Waals surface area contributed by atoms with Crippen LogP contribution in [0, 0.1) is 0 Å². The third-order valence-corrected chi connectivity index (χ3v) is 6.16. The number of nitrogens with one attached hydrogen (secondary N) is 1. The molecule has 0 amide bonds. The monoisotopic (exact) mass is 334 g/mol. The third kappa shape index (κ3) is 3.80. The van der Waals surface area contributed by atoms with Gasteiger partial charge < -0.3 is 4.74 Å². The Bertz CT molecular complexity index is 715. The quantitative estimate of drug-likeness (QED) is 0.797. The molecule has 3 N–H and O–H groups in total. The molecule has 2 atom stereocenters. The van der Waals surface area contributed by atoms with Gasteiger partial charge in [0.05, 0.1) is 6.10 Å². The highest BCUT2D eigenvalue weighted by molar-refractivity contribution is 7.92. The van der Waals surface area contributed by atoms with E-state index in [1.165, 1.54) is 24.3 Å². The zero-order valence-electron chi connectivity index (χ0n) is 11.5. The summed E-state index contributed by atoms with van der Waals surface area (Å²) in [5, 5.41) is 5.07. The Morgan fingerprint density at radius 2 is 1.76 bits per heavy atom. The number of primary sulfonamides is 1. The Morgan fingerprint density at radius 3 is 2.29 bits per heavy atom. The third-order valence-electron chi connectivity index (χ3n) is 3.48. The molecule has 1 aromatic carbocycles. The summed E-state index contributed by atoms with van der Waals surface area (Å²) in [6.45, 7) is 0. The summed E-state index contributed by atoms with van der Waals surface area (Å²) in [4.78, 5) is -0.729. The highest BCUT2D eigenvalue weighted by Crippen LogP contribution is 2.25. The molecule has 0 saturated heterocycles. The number of nitrogens with two attached hydrogens (primary N) is 1. The number of methoxy groups -OCH3 is 1. The first-order valence-corrected chi connectivity index (χ1v) is 9.44. The highest BCUT2D eigenvalue weighted by atomic mass is 32.2. The lowest BCUT2D eigenvalue weighted by molar-refractivity contribution is 0.107. The second-order valence-electron chi connectivity index (χ2n) is 4.98. The zero-order valence-corrected chi connectivity index (χ0v) is 13.2. The van der Waals surface area contributed by atoms with Gasteiger partial charge in [-0.2, -0.15) is 0 Å². The summed E-state index contributed by atoms with van der Waals surface area (Å²) < 4.78 is 55.5. The van der Waals surface area contributed by atoms with Crippen LogP contribution in [0.4, 0.5) is 0 Å². The van der Waals surface area contributed by atoms with Crippen molar-refractivity contribution < 1.29 is 21.6 Å². The van der Waals surface area contributed by atoms with Gasteiger partial charge in [-0.3, -0.25) is 0 Å². The number of sulfonamides is 2. The lowest BCUT2D eigenvalue weighted by Crippen LogP contribution is -2.34. The molecule has 1 saturated carbocycles. The number of benzene rings is 1.